The summed E-state index contributed by atoms with van der Waals surface area (Å²) in [6.07, 6.45) is 6.92. The third-order valence-electron chi connectivity index (χ3n) is 24.7. The summed E-state index contributed by atoms with van der Waals surface area (Å²) in [4.78, 5) is 8.45. The molecule has 1 fully saturated rings. The van der Waals surface area contributed by atoms with Crippen LogP contribution in [0.3, 0.4) is 0 Å². The molecule has 4 heteroatoms. The number of rotatable bonds is 5. The molecule has 6 aliphatic rings. The van der Waals surface area contributed by atoms with Crippen LogP contribution >= 0.6 is 0 Å². The zero-order valence-electron chi connectivity index (χ0n) is 59.8. The van der Waals surface area contributed by atoms with E-state index in [1.807, 2.05) is 0 Å². The Morgan fingerprint density at radius 2 is 0.828 bits per heavy atom. The summed E-state index contributed by atoms with van der Waals surface area (Å²) in [5.41, 5.74) is 33.9. The van der Waals surface area contributed by atoms with Gasteiger partial charge in [-0.25, -0.2) is 0 Å². The summed E-state index contributed by atoms with van der Waals surface area (Å²) in [6, 6.07) is 68.9. The first kappa shape index (κ1) is 61.6. The van der Waals surface area contributed by atoms with E-state index >= 15 is 0 Å². The molecule has 9 aromatic rings. The molecule has 0 radical (unpaired) electrons. The van der Waals surface area contributed by atoms with E-state index < -0.39 is 0 Å². The molecule has 9 aromatic carbocycles. The van der Waals surface area contributed by atoms with Crippen LogP contribution in [0.15, 0.2) is 170 Å². The van der Waals surface area contributed by atoms with Crippen molar-refractivity contribution in [3.63, 3.8) is 0 Å². The topological polar surface area (TPSA) is 9.72 Å². The molecule has 0 N–H and O–H groups in total. The van der Waals surface area contributed by atoms with Gasteiger partial charge in [0, 0.05) is 61.6 Å². The van der Waals surface area contributed by atoms with Crippen LogP contribution in [0, 0.1) is 6.92 Å². The van der Waals surface area contributed by atoms with Gasteiger partial charge in [-0.3, -0.25) is 0 Å². The quantitative estimate of drug-likeness (QED) is 0.159. The highest BCUT2D eigenvalue weighted by atomic mass is 15.3. The SMILES string of the molecule is Cc1cc(C(C)(C)C)ccc1N1c2cc3c(cc2B2c4cc5c(cc4N(c4ccc(C(C)(C)C)cc4-c4ccccc4)c4cc(N6c7ccc(-c8ccc(C(C)(C)C)cc8)cc7C7(C)CCCCC67C)cc1c42)C(C)(C)c1ccccc1C5(C)C)C(C)(C)CCC3(C)C. The second kappa shape index (κ2) is 20.2. The first-order valence-corrected chi connectivity index (χ1v) is 35.3. The minimum atomic E-state index is -0.284. The Bertz CT molecular complexity index is 4570. The fourth-order valence-electron chi connectivity index (χ4n) is 18.5. The summed E-state index contributed by atoms with van der Waals surface area (Å²) < 4.78 is 0. The number of anilines is 8. The van der Waals surface area contributed by atoms with E-state index in [1.165, 1.54) is 158 Å². The monoisotopic (exact) mass is 1220 g/mol. The summed E-state index contributed by atoms with van der Waals surface area (Å²) in [6.45, 7) is 48.8. The Morgan fingerprint density at radius 1 is 0.355 bits per heavy atom. The van der Waals surface area contributed by atoms with Gasteiger partial charge in [0.25, 0.3) is 6.71 Å². The smallest absolute Gasteiger partial charge is 0.252 e. The van der Waals surface area contributed by atoms with Gasteiger partial charge < -0.3 is 14.7 Å². The van der Waals surface area contributed by atoms with Crippen molar-refractivity contribution in [1.29, 1.82) is 0 Å². The lowest BCUT2D eigenvalue weighted by atomic mass is 9.32. The van der Waals surface area contributed by atoms with Crippen molar-refractivity contribution in [2.45, 2.75) is 226 Å². The summed E-state index contributed by atoms with van der Waals surface area (Å²) >= 11 is 0. The van der Waals surface area contributed by atoms with Gasteiger partial charge in [-0.05, 0) is 215 Å². The molecular weight excluding hydrogens is 1120 g/mol. The van der Waals surface area contributed by atoms with Crippen molar-refractivity contribution in [3.05, 3.63) is 231 Å². The highest BCUT2D eigenvalue weighted by Crippen LogP contribution is 2.63. The molecule has 2 atom stereocenters. The molecule has 3 aliphatic heterocycles. The maximum Gasteiger partial charge on any atom is 0.252 e. The van der Waals surface area contributed by atoms with Crippen molar-refractivity contribution in [2.75, 3.05) is 14.7 Å². The van der Waals surface area contributed by atoms with Crippen LogP contribution in [0.5, 0.6) is 0 Å². The lowest BCUT2D eigenvalue weighted by molar-refractivity contribution is 0.195. The number of fused-ring (bicyclic) bond motifs is 10. The normalized spacial score (nSPS) is 21.0. The molecule has 2 unspecified atom stereocenters. The second-order valence-corrected chi connectivity index (χ2v) is 35.3. The van der Waals surface area contributed by atoms with Gasteiger partial charge in [0.1, 0.15) is 0 Å². The number of nitrogens with zero attached hydrogens (tertiary/aromatic N) is 3. The van der Waals surface area contributed by atoms with Crippen LogP contribution in [-0.4, -0.2) is 12.3 Å². The van der Waals surface area contributed by atoms with Gasteiger partial charge in [0.15, 0.2) is 0 Å². The van der Waals surface area contributed by atoms with Gasteiger partial charge in [-0.2, -0.15) is 0 Å². The molecule has 3 aliphatic carbocycles. The first-order valence-electron chi connectivity index (χ1n) is 35.3. The predicted molar refractivity (Wildman–Crippen MR) is 401 cm³/mol. The highest BCUT2D eigenvalue weighted by molar-refractivity contribution is 7.00. The maximum absolute atomic E-state index is 2.88. The zero-order valence-corrected chi connectivity index (χ0v) is 59.8. The number of hydrogen-bond donors (Lipinski definition) is 0. The lowest BCUT2D eigenvalue weighted by Crippen LogP contribution is -2.62. The number of benzene rings is 9. The van der Waals surface area contributed by atoms with Crippen LogP contribution in [0.25, 0.3) is 22.3 Å². The highest BCUT2D eigenvalue weighted by Gasteiger charge is 2.59. The van der Waals surface area contributed by atoms with E-state index in [1.54, 1.807) is 0 Å². The van der Waals surface area contributed by atoms with E-state index in [0.29, 0.717) is 0 Å². The Hall–Kier alpha value is -7.56. The Labute approximate surface area is 559 Å². The first-order chi connectivity index (χ1) is 43.6. The third-order valence-corrected chi connectivity index (χ3v) is 24.7. The van der Waals surface area contributed by atoms with Gasteiger partial charge >= 0.3 is 0 Å². The molecule has 15 rings (SSSR count). The van der Waals surface area contributed by atoms with Crippen LogP contribution in [0.4, 0.5) is 45.5 Å². The van der Waals surface area contributed by atoms with E-state index in [0.717, 1.165) is 25.7 Å². The fourth-order valence-corrected chi connectivity index (χ4v) is 18.5. The summed E-state index contributed by atoms with van der Waals surface area (Å²) in [7, 11) is 0. The lowest BCUT2D eigenvalue weighted by Gasteiger charge is -2.52. The Morgan fingerprint density at radius 3 is 1.41 bits per heavy atom. The van der Waals surface area contributed by atoms with Crippen molar-refractivity contribution in [2.24, 2.45) is 0 Å². The largest absolute Gasteiger partial charge is 0.334 e. The minimum Gasteiger partial charge on any atom is -0.334 e. The molecule has 0 bridgehead atoms. The summed E-state index contributed by atoms with van der Waals surface area (Å²) in [5, 5.41) is 0. The van der Waals surface area contributed by atoms with Crippen molar-refractivity contribution >= 4 is 68.6 Å². The van der Waals surface area contributed by atoms with Crippen LogP contribution in [-0.2, 0) is 43.3 Å². The molecule has 0 saturated heterocycles. The van der Waals surface area contributed by atoms with Gasteiger partial charge in [0.2, 0.25) is 0 Å². The Balaban J connectivity index is 1.11. The van der Waals surface area contributed by atoms with Crippen molar-refractivity contribution < 1.29 is 0 Å². The molecule has 474 valence electrons. The molecule has 0 spiro atoms. The van der Waals surface area contributed by atoms with Gasteiger partial charge in [-0.15, -0.1) is 0 Å². The van der Waals surface area contributed by atoms with Crippen LogP contribution in [0.2, 0.25) is 0 Å². The molecule has 0 amide bonds. The predicted octanol–water partition coefficient (Wildman–Crippen LogP) is 22.4. The zero-order chi connectivity index (χ0) is 65.9. The van der Waals surface area contributed by atoms with Crippen molar-refractivity contribution in [3.8, 4) is 22.3 Å². The van der Waals surface area contributed by atoms with E-state index in [9.17, 15) is 0 Å². The fraction of sp³-hybridized carbons (Fsp3) is 0.393. The molecule has 1 saturated carbocycles. The second-order valence-electron chi connectivity index (χ2n) is 35.3. The number of hydrogen-bond acceptors (Lipinski definition) is 3. The average Bonchev–Trinajstić information content (AvgIpc) is 1.49. The minimum absolute atomic E-state index is 0.0164. The third kappa shape index (κ3) is 9.08. The number of aryl methyl sites for hydroxylation is 1. The maximum atomic E-state index is 2.88. The molecule has 93 heavy (non-hydrogen) atoms. The van der Waals surface area contributed by atoms with E-state index in [2.05, 4.69) is 323 Å². The van der Waals surface area contributed by atoms with E-state index in [-0.39, 0.29) is 55.6 Å². The van der Waals surface area contributed by atoms with Crippen LogP contribution < -0.4 is 31.1 Å². The standard InChI is InChI=1S/C89H100BN3/c1-55-46-60(82(5,6)7)37-40-73(55)91-76-53-67-66(84(11,12)44-45-85(67,13)14)51-71(76)90-72-52-68-69(87(17,18)65-31-25-24-30-64(65)86(68,15)16)54-77(72)92(74-41-38-61(83(8,9)10)48-63(74)57-28-22-21-23-29-57)79-50-62(49-78(91)80(79)90)93-75-39-34-58(56-32-35-59(36-33-56)81(2,3)4)47-70(75)88(19)42-26-27-43-89(88,93)20/h21-25,28-41,46-54H,26-27,42-45H2,1-20H3. The summed E-state index contributed by atoms with van der Waals surface area (Å²) in [5.74, 6) is 0. The van der Waals surface area contributed by atoms with Crippen molar-refractivity contribution in [1.82, 2.24) is 0 Å². The average molecular weight is 1220 g/mol. The Kier molecular flexibility index (Phi) is 13.4. The van der Waals surface area contributed by atoms with Gasteiger partial charge in [-0.1, -0.05) is 253 Å². The van der Waals surface area contributed by atoms with Gasteiger partial charge in [0.05, 0.1) is 11.2 Å². The molecular formula is C89H100BN3. The molecule has 0 aromatic heterocycles. The molecule has 3 heterocycles. The van der Waals surface area contributed by atoms with Crippen LogP contribution in [0.1, 0.15) is 231 Å². The van der Waals surface area contributed by atoms with E-state index in [4.69, 9.17) is 0 Å². The molecule has 3 nitrogen and oxygen atoms in total.